The number of piperidine rings is 1. The highest BCUT2D eigenvalue weighted by molar-refractivity contribution is 7.98. The summed E-state index contributed by atoms with van der Waals surface area (Å²) in [6.07, 6.45) is 3.84. The van der Waals surface area contributed by atoms with Crippen molar-refractivity contribution in [3.63, 3.8) is 0 Å². The van der Waals surface area contributed by atoms with Crippen LogP contribution in [0.4, 0.5) is 0 Å². The van der Waals surface area contributed by atoms with Gasteiger partial charge in [0.1, 0.15) is 5.75 Å². The van der Waals surface area contributed by atoms with Crippen molar-refractivity contribution in [2.24, 2.45) is 5.92 Å². The third kappa shape index (κ3) is 6.22. The van der Waals surface area contributed by atoms with E-state index in [0.29, 0.717) is 24.6 Å². The summed E-state index contributed by atoms with van der Waals surface area (Å²) >= 11 is 1.45. The minimum absolute atomic E-state index is 0.0982. The number of carbonyl (C=O) groups is 1. The number of hydrogen-bond donors (Lipinski definition) is 1. The number of amides is 1. The highest BCUT2D eigenvalue weighted by Crippen LogP contribution is 2.33. The van der Waals surface area contributed by atoms with E-state index in [2.05, 4.69) is 25.5 Å². The highest BCUT2D eigenvalue weighted by Gasteiger charge is 2.27. The molecule has 0 saturated carbocycles. The lowest BCUT2D eigenvalue weighted by Crippen LogP contribution is -2.38. The van der Waals surface area contributed by atoms with Gasteiger partial charge >= 0.3 is 0 Å². The van der Waals surface area contributed by atoms with E-state index < -0.39 is 16.1 Å². The molecule has 3 rings (SSSR count). The van der Waals surface area contributed by atoms with Gasteiger partial charge in [-0.2, -0.15) is 0 Å². The SMILES string of the molecule is COc1cc(C)c([C@@H](C)NS(=O)(=O)c2ccc(SC)c(C(=O)N3CCC(C)CC3)c2)cc1C(C)C. The molecular formula is C27H38N2O4S2. The third-order valence-corrected chi connectivity index (χ3v) is 9.16. The predicted octanol–water partition coefficient (Wildman–Crippen LogP) is 5.76. The molecule has 6 nitrogen and oxygen atoms in total. The van der Waals surface area contributed by atoms with Crippen molar-refractivity contribution in [1.82, 2.24) is 9.62 Å². The van der Waals surface area contributed by atoms with Crippen molar-refractivity contribution in [3.8, 4) is 5.75 Å². The number of hydrogen-bond acceptors (Lipinski definition) is 5. The van der Waals surface area contributed by atoms with Crippen LogP contribution in [0.2, 0.25) is 0 Å². The third-order valence-electron chi connectivity index (χ3n) is 6.82. The molecule has 35 heavy (non-hydrogen) atoms. The zero-order valence-corrected chi connectivity index (χ0v) is 23.5. The quantitative estimate of drug-likeness (QED) is 0.450. The number of nitrogens with zero attached hydrogens (tertiary/aromatic N) is 1. The molecule has 1 aliphatic heterocycles. The fourth-order valence-electron chi connectivity index (χ4n) is 4.58. The fourth-order valence-corrected chi connectivity index (χ4v) is 6.40. The molecule has 2 aromatic carbocycles. The zero-order valence-electron chi connectivity index (χ0n) is 21.8. The molecule has 1 saturated heterocycles. The van der Waals surface area contributed by atoms with Gasteiger partial charge in [-0.15, -0.1) is 11.8 Å². The summed E-state index contributed by atoms with van der Waals surface area (Å²) in [5.74, 6) is 1.55. The molecule has 2 aromatic rings. The second kappa shape index (κ2) is 11.4. The van der Waals surface area contributed by atoms with E-state index in [4.69, 9.17) is 4.74 Å². The molecule has 0 aliphatic carbocycles. The topological polar surface area (TPSA) is 75.7 Å². The number of rotatable bonds is 8. The molecular weight excluding hydrogens is 480 g/mol. The van der Waals surface area contributed by atoms with E-state index in [-0.39, 0.29) is 16.7 Å². The Morgan fingerprint density at radius 3 is 2.34 bits per heavy atom. The maximum atomic E-state index is 13.4. The summed E-state index contributed by atoms with van der Waals surface area (Å²) in [6, 6.07) is 8.37. The Morgan fingerprint density at radius 1 is 1.11 bits per heavy atom. The molecule has 1 N–H and O–H groups in total. The van der Waals surface area contributed by atoms with Crippen LogP contribution in [0.1, 0.15) is 79.5 Å². The lowest BCUT2D eigenvalue weighted by Gasteiger charge is -2.31. The first-order valence-electron chi connectivity index (χ1n) is 12.2. The Balaban J connectivity index is 1.90. The number of aryl methyl sites for hydroxylation is 1. The van der Waals surface area contributed by atoms with Gasteiger partial charge in [0.2, 0.25) is 10.0 Å². The van der Waals surface area contributed by atoms with Gasteiger partial charge in [-0.05, 0) is 91.8 Å². The van der Waals surface area contributed by atoms with E-state index >= 15 is 0 Å². The highest BCUT2D eigenvalue weighted by atomic mass is 32.2. The van der Waals surface area contributed by atoms with Crippen LogP contribution in [0.15, 0.2) is 40.1 Å². The van der Waals surface area contributed by atoms with E-state index in [1.807, 2.05) is 37.1 Å². The van der Waals surface area contributed by atoms with Crippen LogP contribution in [-0.2, 0) is 10.0 Å². The monoisotopic (exact) mass is 518 g/mol. The molecule has 1 heterocycles. The largest absolute Gasteiger partial charge is 0.496 e. The van der Waals surface area contributed by atoms with Gasteiger partial charge in [-0.25, -0.2) is 13.1 Å². The summed E-state index contributed by atoms with van der Waals surface area (Å²) in [5.41, 5.74) is 3.34. The van der Waals surface area contributed by atoms with E-state index in [0.717, 1.165) is 40.2 Å². The average Bonchev–Trinajstić information content (AvgIpc) is 2.82. The first-order valence-corrected chi connectivity index (χ1v) is 14.9. The van der Waals surface area contributed by atoms with Gasteiger partial charge in [0, 0.05) is 24.0 Å². The molecule has 0 radical (unpaired) electrons. The Hall–Kier alpha value is -2.03. The van der Waals surface area contributed by atoms with Crippen LogP contribution in [0.25, 0.3) is 0 Å². The number of carbonyl (C=O) groups excluding carboxylic acids is 1. The average molecular weight is 519 g/mol. The second-order valence-electron chi connectivity index (χ2n) is 9.79. The van der Waals surface area contributed by atoms with Crippen molar-refractivity contribution in [1.29, 1.82) is 0 Å². The molecule has 0 aromatic heterocycles. The number of methoxy groups -OCH3 is 1. The summed E-state index contributed by atoms with van der Waals surface area (Å²) in [4.78, 5) is 16.0. The Morgan fingerprint density at radius 2 is 1.77 bits per heavy atom. The fraction of sp³-hybridized carbons (Fsp3) is 0.519. The Labute approximate surface area is 214 Å². The second-order valence-corrected chi connectivity index (χ2v) is 12.3. The van der Waals surface area contributed by atoms with Crippen molar-refractivity contribution in [2.45, 2.75) is 69.2 Å². The Bertz CT molecular complexity index is 1170. The first kappa shape index (κ1) is 27.6. The van der Waals surface area contributed by atoms with Crippen LogP contribution in [-0.4, -0.2) is 45.7 Å². The zero-order chi connectivity index (χ0) is 25.9. The molecule has 192 valence electrons. The van der Waals surface area contributed by atoms with Crippen LogP contribution >= 0.6 is 11.8 Å². The van der Waals surface area contributed by atoms with Gasteiger partial charge in [-0.3, -0.25) is 4.79 Å². The van der Waals surface area contributed by atoms with E-state index in [9.17, 15) is 13.2 Å². The van der Waals surface area contributed by atoms with Gasteiger partial charge in [0.05, 0.1) is 17.6 Å². The normalized spacial score (nSPS) is 15.9. The van der Waals surface area contributed by atoms with Gasteiger partial charge in [-0.1, -0.05) is 20.8 Å². The number of benzene rings is 2. The molecule has 1 aliphatic rings. The van der Waals surface area contributed by atoms with Crippen LogP contribution in [0, 0.1) is 12.8 Å². The predicted molar refractivity (Wildman–Crippen MR) is 143 cm³/mol. The standard InChI is InChI=1S/C27H38N2O4S2/c1-17(2)22-16-23(19(4)14-25(22)33-6)20(5)28-35(31,32)21-8-9-26(34-7)24(15-21)27(30)29-12-10-18(3)11-13-29/h8-9,14-18,20,28H,10-13H2,1-7H3/t20-/m1/s1. The lowest BCUT2D eigenvalue weighted by molar-refractivity contribution is 0.0693. The minimum atomic E-state index is -3.85. The summed E-state index contributed by atoms with van der Waals surface area (Å²) in [7, 11) is -2.21. The molecule has 0 unspecified atom stereocenters. The summed E-state index contributed by atoms with van der Waals surface area (Å²) < 4.78 is 35.1. The summed E-state index contributed by atoms with van der Waals surface area (Å²) in [5, 5.41) is 0. The van der Waals surface area contributed by atoms with Gasteiger partial charge in [0.25, 0.3) is 5.91 Å². The van der Waals surface area contributed by atoms with Crippen molar-refractivity contribution >= 4 is 27.7 Å². The van der Waals surface area contributed by atoms with Crippen LogP contribution in [0.3, 0.4) is 0 Å². The van der Waals surface area contributed by atoms with Gasteiger partial charge in [0.15, 0.2) is 0 Å². The Kier molecular flexibility index (Phi) is 8.94. The smallest absolute Gasteiger partial charge is 0.255 e. The molecule has 1 fully saturated rings. The molecule has 1 atom stereocenters. The molecule has 0 spiro atoms. The number of thioether (sulfide) groups is 1. The van der Waals surface area contributed by atoms with Crippen LogP contribution < -0.4 is 9.46 Å². The lowest BCUT2D eigenvalue weighted by atomic mass is 9.94. The summed E-state index contributed by atoms with van der Waals surface area (Å²) in [6.45, 7) is 11.6. The maximum Gasteiger partial charge on any atom is 0.255 e. The number of nitrogens with one attached hydrogen (secondary N) is 1. The maximum absolute atomic E-state index is 13.4. The van der Waals surface area contributed by atoms with Crippen LogP contribution in [0.5, 0.6) is 5.75 Å². The minimum Gasteiger partial charge on any atom is -0.496 e. The number of ether oxygens (including phenoxy) is 1. The molecule has 8 heteroatoms. The number of sulfonamides is 1. The van der Waals surface area contributed by atoms with E-state index in [1.54, 1.807) is 19.2 Å². The van der Waals surface area contributed by atoms with E-state index in [1.165, 1.54) is 17.8 Å². The number of likely N-dealkylation sites (tertiary alicyclic amines) is 1. The molecule has 0 bridgehead atoms. The molecule has 1 amide bonds. The first-order chi connectivity index (χ1) is 16.5. The van der Waals surface area contributed by atoms with Crippen molar-refractivity contribution in [3.05, 3.63) is 52.6 Å². The van der Waals surface area contributed by atoms with Crippen molar-refractivity contribution in [2.75, 3.05) is 26.5 Å². The van der Waals surface area contributed by atoms with Gasteiger partial charge < -0.3 is 9.64 Å². The van der Waals surface area contributed by atoms with Crippen molar-refractivity contribution < 1.29 is 17.9 Å².